The van der Waals surface area contributed by atoms with Crippen molar-refractivity contribution in [1.29, 1.82) is 0 Å². The van der Waals surface area contributed by atoms with Crippen LogP contribution < -0.4 is 5.73 Å². The minimum atomic E-state index is -4.45. The highest BCUT2D eigenvalue weighted by Gasteiger charge is 2.37. The van der Waals surface area contributed by atoms with Crippen LogP contribution in [0.1, 0.15) is 23.4 Å². The Morgan fingerprint density at radius 1 is 1.27 bits per heavy atom. The molecule has 0 fully saturated rings. The molecule has 0 spiro atoms. The molecule has 0 aliphatic heterocycles. The van der Waals surface area contributed by atoms with Crippen molar-refractivity contribution in [2.75, 3.05) is 5.73 Å². The number of hydrogen-bond donors (Lipinski definition) is 1. The summed E-state index contributed by atoms with van der Waals surface area (Å²) >= 11 is 2.86. The SMILES string of the molecule is Nc1c(Br)c(C(F)(F)F)nc2c1CCC2. The molecule has 15 heavy (non-hydrogen) atoms. The number of anilines is 1. The van der Waals surface area contributed by atoms with E-state index in [1.807, 2.05) is 0 Å². The molecule has 0 amide bonds. The lowest BCUT2D eigenvalue weighted by Crippen LogP contribution is -2.13. The Hall–Kier alpha value is -0.780. The van der Waals surface area contributed by atoms with Crippen LogP contribution in [-0.2, 0) is 19.0 Å². The molecule has 1 aliphatic rings. The third kappa shape index (κ3) is 1.71. The van der Waals surface area contributed by atoms with Crippen LogP contribution in [0.3, 0.4) is 0 Å². The van der Waals surface area contributed by atoms with Crippen molar-refractivity contribution in [2.45, 2.75) is 25.4 Å². The van der Waals surface area contributed by atoms with Crippen molar-refractivity contribution in [1.82, 2.24) is 4.98 Å². The largest absolute Gasteiger partial charge is 0.434 e. The van der Waals surface area contributed by atoms with Gasteiger partial charge in [0.05, 0.1) is 10.2 Å². The molecular weight excluding hydrogens is 273 g/mol. The van der Waals surface area contributed by atoms with Gasteiger partial charge in [-0.2, -0.15) is 13.2 Å². The fraction of sp³-hybridized carbons (Fsp3) is 0.444. The van der Waals surface area contributed by atoms with Gasteiger partial charge >= 0.3 is 6.18 Å². The summed E-state index contributed by atoms with van der Waals surface area (Å²) in [4.78, 5) is 3.63. The fourth-order valence-corrected chi connectivity index (χ4v) is 2.33. The fourth-order valence-electron chi connectivity index (χ4n) is 1.77. The number of aryl methyl sites for hydroxylation is 1. The number of alkyl halides is 3. The van der Waals surface area contributed by atoms with Crippen LogP contribution in [0.4, 0.5) is 18.9 Å². The zero-order valence-electron chi connectivity index (χ0n) is 7.66. The molecule has 0 saturated heterocycles. The molecule has 0 saturated carbocycles. The van der Waals surface area contributed by atoms with Gasteiger partial charge in [0.25, 0.3) is 0 Å². The maximum atomic E-state index is 12.5. The summed E-state index contributed by atoms with van der Waals surface area (Å²) in [7, 11) is 0. The molecule has 0 radical (unpaired) electrons. The van der Waals surface area contributed by atoms with Crippen molar-refractivity contribution in [3.05, 3.63) is 21.4 Å². The van der Waals surface area contributed by atoms with Gasteiger partial charge in [-0.15, -0.1) is 0 Å². The summed E-state index contributed by atoms with van der Waals surface area (Å²) in [6.45, 7) is 0. The molecule has 0 bridgehead atoms. The highest BCUT2D eigenvalue weighted by molar-refractivity contribution is 9.10. The van der Waals surface area contributed by atoms with Crippen LogP contribution in [-0.4, -0.2) is 4.98 Å². The maximum absolute atomic E-state index is 12.5. The molecule has 6 heteroatoms. The minimum absolute atomic E-state index is 0.129. The molecule has 0 unspecified atom stereocenters. The Balaban J connectivity index is 2.64. The van der Waals surface area contributed by atoms with Gasteiger partial charge in [-0.25, -0.2) is 4.98 Å². The van der Waals surface area contributed by atoms with Gasteiger partial charge in [0.15, 0.2) is 5.69 Å². The Labute approximate surface area is 92.8 Å². The summed E-state index contributed by atoms with van der Waals surface area (Å²) in [6, 6.07) is 0. The summed E-state index contributed by atoms with van der Waals surface area (Å²) < 4.78 is 37.5. The van der Waals surface area contributed by atoms with Gasteiger partial charge in [-0.1, -0.05) is 0 Å². The summed E-state index contributed by atoms with van der Waals surface area (Å²) in [5, 5.41) is 0. The molecule has 1 aromatic rings. The topological polar surface area (TPSA) is 38.9 Å². The number of nitrogens with two attached hydrogens (primary N) is 1. The van der Waals surface area contributed by atoms with Crippen LogP contribution in [0.25, 0.3) is 0 Å². The molecule has 1 aliphatic carbocycles. The maximum Gasteiger partial charge on any atom is 0.434 e. The van der Waals surface area contributed by atoms with Crippen LogP contribution in [0.5, 0.6) is 0 Å². The quantitative estimate of drug-likeness (QED) is 0.794. The molecular formula is C9H8BrF3N2. The van der Waals surface area contributed by atoms with Crippen molar-refractivity contribution in [3.63, 3.8) is 0 Å². The van der Waals surface area contributed by atoms with Crippen molar-refractivity contribution in [3.8, 4) is 0 Å². The lowest BCUT2D eigenvalue weighted by Gasteiger charge is -2.13. The van der Waals surface area contributed by atoms with Gasteiger partial charge in [0.2, 0.25) is 0 Å². The van der Waals surface area contributed by atoms with E-state index in [2.05, 4.69) is 20.9 Å². The predicted molar refractivity (Wildman–Crippen MR) is 53.4 cm³/mol. The Morgan fingerprint density at radius 2 is 1.93 bits per heavy atom. The highest BCUT2D eigenvalue weighted by atomic mass is 79.9. The number of aromatic nitrogens is 1. The third-order valence-corrected chi connectivity index (χ3v) is 3.28. The lowest BCUT2D eigenvalue weighted by molar-refractivity contribution is -0.141. The molecule has 0 atom stereocenters. The summed E-state index contributed by atoms with van der Waals surface area (Å²) in [5.41, 5.74) is 6.16. The second-order valence-electron chi connectivity index (χ2n) is 3.46. The monoisotopic (exact) mass is 280 g/mol. The van der Waals surface area contributed by atoms with Gasteiger partial charge in [0.1, 0.15) is 0 Å². The second-order valence-corrected chi connectivity index (χ2v) is 4.26. The number of nitrogen functional groups attached to an aromatic ring is 1. The van der Waals surface area contributed by atoms with E-state index in [0.717, 1.165) is 12.0 Å². The number of rotatable bonds is 0. The zero-order chi connectivity index (χ0) is 11.2. The molecule has 2 N–H and O–H groups in total. The van der Waals surface area contributed by atoms with E-state index in [4.69, 9.17) is 5.73 Å². The molecule has 2 rings (SSSR count). The smallest absolute Gasteiger partial charge is 0.397 e. The number of halogens is 4. The van der Waals surface area contributed by atoms with E-state index in [9.17, 15) is 13.2 Å². The van der Waals surface area contributed by atoms with Gasteiger partial charge in [-0.05, 0) is 40.8 Å². The average molecular weight is 281 g/mol. The Kier molecular flexibility index (Phi) is 2.41. The first kappa shape index (κ1) is 10.7. The van der Waals surface area contributed by atoms with Gasteiger partial charge in [0, 0.05) is 5.69 Å². The van der Waals surface area contributed by atoms with E-state index >= 15 is 0 Å². The zero-order valence-corrected chi connectivity index (χ0v) is 9.24. The van der Waals surface area contributed by atoms with E-state index < -0.39 is 11.9 Å². The van der Waals surface area contributed by atoms with Gasteiger partial charge in [-0.3, -0.25) is 0 Å². The van der Waals surface area contributed by atoms with E-state index in [1.54, 1.807) is 0 Å². The summed E-state index contributed by atoms with van der Waals surface area (Å²) in [6.07, 6.45) is -2.34. The van der Waals surface area contributed by atoms with Crippen LogP contribution in [0, 0.1) is 0 Å². The first-order valence-electron chi connectivity index (χ1n) is 4.45. The van der Waals surface area contributed by atoms with Gasteiger partial charge < -0.3 is 5.73 Å². The number of fused-ring (bicyclic) bond motifs is 1. The normalized spacial score (nSPS) is 15.5. The number of hydrogen-bond acceptors (Lipinski definition) is 2. The van der Waals surface area contributed by atoms with Crippen molar-refractivity contribution >= 4 is 21.6 Å². The van der Waals surface area contributed by atoms with Crippen LogP contribution in [0.15, 0.2) is 4.47 Å². The summed E-state index contributed by atoms with van der Waals surface area (Å²) in [5.74, 6) is 0. The molecule has 82 valence electrons. The standard InChI is InChI=1S/C9H8BrF3N2/c10-6-7(14)4-2-1-3-5(4)15-8(6)9(11,12)13/h1-3H2,(H2,14,15). The molecule has 2 nitrogen and oxygen atoms in total. The first-order valence-corrected chi connectivity index (χ1v) is 5.24. The molecule has 1 aromatic heterocycles. The van der Waals surface area contributed by atoms with Crippen LogP contribution in [0.2, 0.25) is 0 Å². The average Bonchev–Trinajstić information content (AvgIpc) is 2.57. The van der Waals surface area contributed by atoms with E-state index in [0.29, 0.717) is 18.5 Å². The number of nitrogens with zero attached hydrogens (tertiary/aromatic N) is 1. The van der Waals surface area contributed by atoms with E-state index in [-0.39, 0.29) is 10.2 Å². The van der Waals surface area contributed by atoms with E-state index in [1.165, 1.54) is 0 Å². The predicted octanol–water partition coefficient (Wildman–Crippen LogP) is 2.93. The Morgan fingerprint density at radius 3 is 2.53 bits per heavy atom. The van der Waals surface area contributed by atoms with Crippen molar-refractivity contribution in [2.24, 2.45) is 0 Å². The second kappa shape index (κ2) is 3.37. The van der Waals surface area contributed by atoms with Crippen LogP contribution >= 0.6 is 15.9 Å². The molecule has 0 aromatic carbocycles. The van der Waals surface area contributed by atoms with Crippen molar-refractivity contribution < 1.29 is 13.2 Å². The minimum Gasteiger partial charge on any atom is -0.397 e. The Bertz CT molecular complexity index is 415. The third-order valence-electron chi connectivity index (χ3n) is 2.47. The molecule has 1 heterocycles. The lowest BCUT2D eigenvalue weighted by atomic mass is 10.1. The highest BCUT2D eigenvalue weighted by Crippen LogP contribution is 2.40. The first-order chi connectivity index (χ1) is 6.91. The number of pyridine rings is 1.